The molecule has 46 heavy (non-hydrogen) atoms. The van der Waals surface area contributed by atoms with E-state index in [4.69, 9.17) is 4.74 Å². The molecule has 0 radical (unpaired) electrons. The number of aryl methyl sites for hydroxylation is 2. The van der Waals surface area contributed by atoms with E-state index in [9.17, 15) is 19.2 Å². The third-order valence-electron chi connectivity index (χ3n) is 10.5. The Bertz CT molecular complexity index is 1790. The predicted octanol–water partition coefficient (Wildman–Crippen LogP) is 6.17. The van der Waals surface area contributed by atoms with Crippen molar-refractivity contribution in [2.75, 3.05) is 16.3 Å². The third-order valence-corrected chi connectivity index (χ3v) is 10.5. The van der Waals surface area contributed by atoms with E-state index in [2.05, 4.69) is 38.1 Å². The Labute approximate surface area is 267 Å². The summed E-state index contributed by atoms with van der Waals surface area (Å²) < 4.78 is 5.73. The molecule has 2 saturated heterocycles. The minimum Gasteiger partial charge on any atom is -0.426 e. The summed E-state index contributed by atoms with van der Waals surface area (Å²) in [5.41, 5.74) is 8.07. The predicted molar refractivity (Wildman–Crippen MR) is 174 cm³/mol. The molecule has 7 nitrogen and oxygen atoms in total. The van der Waals surface area contributed by atoms with Crippen molar-refractivity contribution in [1.29, 1.82) is 0 Å². The molecule has 3 amide bonds. The highest BCUT2D eigenvalue weighted by Crippen LogP contribution is 2.61. The highest BCUT2D eigenvalue weighted by Gasteiger charge is 2.61. The molecule has 3 atom stereocenters. The first-order valence-electron chi connectivity index (χ1n) is 16.2. The van der Waals surface area contributed by atoms with E-state index in [-0.39, 0.29) is 42.5 Å². The van der Waals surface area contributed by atoms with Crippen LogP contribution in [0.2, 0.25) is 0 Å². The Morgan fingerprint density at radius 1 is 0.696 bits per heavy atom. The number of amides is 3. The van der Waals surface area contributed by atoms with Crippen molar-refractivity contribution in [3.8, 4) is 5.75 Å². The van der Waals surface area contributed by atoms with Crippen LogP contribution in [0.5, 0.6) is 5.75 Å². The number of hydrogen-bond acceptors (Lipinski definition) is 5. The van der Waals surface area contributed by atoms with Crippen LogP contribution in [-0.4, -0.2) is 30.2 Å². The maximum absolute atomic E-state index is 14.0. The minimum atomic E-state index is -0.592. The molecule has 4 aromatic carbocycles. The van der Waals surface area contributed by atoms with Gasteiger partial charge in [-0.3, -0.25) is 19.2 Å². The number of carbonyl (C=O) groups is 4. The highest BCUT2D eigenvalue weighted by atomic mass is 16.5. The fourth-order valence-electron chi connectivity index (χ4n) is 8.44. The summed E-state index contributed by atoms with van der Waals surface area (Å²) in [4.78, 5) is 57.5. The van der Waals surface area contributed by atoms with Gasteiger partial charge >= 0.3 is 5.97 Å². The first-order valence-corrected chi connectivity index (χ1v) is 16.2. The quantitative estimate of drug-likeness (QED) is 0.148. The fourth-order valence-corrected chi connectivity index (χ4v) is 8.44. The van der Waals surface area contributed by atoms with E-state index < -0.39 is 23.7 Å². The molecule has 5 aliphatic rings. The average Bonchev–Trinajstić information content (AvgIpc) is 3.61. The number of carbonyl (C=O) groups excluding carboxylic acids is 4. The zero-order chi connectivity index (χ0) is 31.7. The van der Waals surface area contributed by atoms with Gasteiger partial charge in [0.15, 0.2) is 0 Å². The largest absolute Gasteiger partial charge is 0.426 e. The molecule has 2 fully saturated rings. The van der Waals surface area contributed by atoms with Crippen LogP contribution in [0.25, 0.3) is 0 Å². The Balaban J connectivity index is 1.01. The van der Waals surface area contributed by atoms with E-state index >= 15 is 0 Å². The molecular weight excluding hydrogens is 576 g/mol. The van der Waals surface area contributed by atoms with Crippen LogP contribution in [0.4, 0.5) is 11.4 Å². The van der Waals surface area contributed by atoms with Crippen molar-refractivity contribution in [3.05, 3.63) is 124 Å². The minimum absolute atomic E-state index is 0.0845. The van der Waals surface area contributed by atoms with Gasteiger partial charge in [-0.05, 0) is 70.5 Å². The molecule has 0 spiro atoms. The molecule has 4 aromatic rings. The Kier molecular flexibility index (Phi) is 6.67. The van der Waals surface area contributed by atoms with Crippen molar-refractivity contribution >= 4 is 35.1 Å². The zero-order valence-corrected chi connectivity index (χ0v) is 25.8. The van der Waals surface area contributed by atoms with E-state index in [1.165, 1.54) is 4.90 Å². The van der Waals surface area contributed by atoms with Crippen LogP contribution in [0.15, 0.2) is 91.0 Å². The lowest BCUT2D eigenvalue weighted by atomic mass is 9.55. The van der Waals surface area contributed by atoms with Gasteiger partial charge in [0.25, 0.3) is 0 Å². The van der Waals surface area contributed by atoms with Gasteiger partial charge in [0.05, 0.1) is 23.4 Å². The number of para-hydroxylation sites is 1. The van der Waals surface area contributed by atoms with Gasteiger partial charge in [0, 0.05) is 30.5 Å². The lowest BCUT2D eigenvalue weighted by Gasteiger charge is -2.45. The van der Waals surface area contributed by atoms with Crippen molar-refractivity contribution in [3.63, 3.8) is 0 Å². The average molecular weight is 611 g/mol. The molecule has 0 saturated carbocycles. The lowest BCUT2D eigenvalue weighted by Crippen LogP contribution is -2.41. The molecule has 0 aromatic heterocycles. The number of benzene rings is 4. The van der Waals surface area contributed by atoms with E-state index in [1.54, 1.807) is 29.2 Å². The van der Waals surface area contributed by atoms with E-state index in [0.717, 1.165) is 51.9 Å². The van der Waals surface area contributed by atoms with Gasteiger partial charge in [0.1, 0.15) is 5.75 Å². The SMILES string of the molecule is CCc1cccc(CC)c1N1C[C@@H](C(=O)Oc2ccc(N3C(=O)[C@@H]4C5c6ccccc6C(c6ccccc65)[C@@H]4C3=O)cc2)CC1=O. The topological polar surface area (TPSA) is 84.0 Å². The van der Waals surface area contributed by atoms with Crippen LogP contribution in [0.3, 0.4) is 0 Å². The first-order chi connectivity index (χ1) is 22.4. The molecule has 0 unspecified atom stereocenters. The van der Waals surface area contributed by atoms with E-state index in [1.807, 2.05) is 42.5 Å². The Morgan fingerprint density at radius 3 is 1.67 bits per heavy atom. The molecule has 7 heteroatoms. The van der Waals surface area contributed by atoms with Crippen molar-refractivity contribution in [2.45, 2.75) is 44.9 Å². The molecule has 3 aliphatic carbocycles. The summed E-state index contributed by atoms with van der Waals surface area (Å²) in [6.07, 6.45) is 1.67. The second-order valence-corrected chi connectivity index (χ2v) is 12.7. The maximum Gasteiger partial charge on any atom is 0.316 e. The normalized spacial score (nSPS) is 24.2. The van der Waals surface area contributed by atoms with Crippen LogP contribution >= 0.6 is 0 Å². The summed E-state index contributed by atoms with van der Waals surface area (Å²) in [6, 6.07) is 29.0. The summed E-state index contributed by atoms with van der Waals surface area (Å²) in [5, 5.41) is 0. The van der Waals surface area contributed by atoms with Gasteiger partial charge in [-0.15, -0.1) is 0 Å². The Morgan fingerprint density at radius 2 is 1.20 bits per heavy atom. The fraction of sp³-hybridized carbons (Fsp3) is 0.282. The van der Waals surface area contributed by atoms with Crippen LogP contribution in [0, 0.1) is 17.8 Å². The maximum atomic E-state index is 14.0. The van der Waals surface area contributed by atoms with Gasteiger partial charge in [-0.1, -0.05) is 80.6 Å². The van der Waals surface area contributed by atoms with Crippen LogP contribution in [-0.2, 0) is 32.0 Å². The van der Waals surface area contributed by atoms with Gasteiger partial charge in [-0.25, -0.2) is 4.90 Å². The van der Waals surface area contributed by atoms with Crippen molar-refractivity contribution in [2.24, 2.45) is 17.8 Å². The molecule has 2 bridgehead atoms. The third kappa shape index (κ3) is 4.10. The van der Waals surface area contributed by atoms with Crippen molar-refractivity contribution in [1.82, 2.24) is 0 Å². The zero-order valence-electron chi connectivity index (χ0n) is 25.8. The molecule has 2 aliphatic heterocycles. The number of anilines is 2. The number of rotatable bonds is 6. The van der Waals surface area contributed by atoms with E-state index in [0.29, 0.717) is 11.4 Å². The summed E-state index contributed by atoms with van der Waals surface area (Å²) >= 11 is 0. The number of hydrogen-bond donors (Lipinski definition) is 0. The summed E-state index contributed by atoms with van der Waals surface area (Å²) in [7, 11) is 0. The lowest BCUT2D eigenvalue weighted by molar-refractivity contribution is -0.139. The first kappa shape index (κ1) is 28.4. The number of imide groups is 1. The standard InChI is InChI=1S/C39H34N2O5/c1-3-22-10-9-11-23(4-2)36(22)40-21-24(20-31(40)42)39(45)46-26-18-16-25(17-19-26)41-37(43)34-32-27-12-5-6-13-28(27)33(35(34)38(41)44)30-15-8-7-14-29(30)32/h5-19,24,32-35H,3-4,20-21H2,1-2H3/t24-,32?,33?,34-,35+/m0/s1. The summed E-state index contributed by atoms with van der Waals surface area (Å²) in [6.45, 7) is 4.40. The molecule has 0 N–H and O–H groups in total. The highest BCUT2D eigenvalue weighted by molar-refractivity contribution is 6.23. The molecule has 2 heterocycles. The van der Waals surface area contributed by atoms with Crippen LogP contribution < -0.4 is 14.5 Å². The Hall–Kier alpha value is -5.04. The van der Waals surface area contributed by atoms with Crippen molar-refractivity contribution < 1.29 is 23.9 Å². The second-order valence-electron chi connectivity index (χ2n) is 12.7. The number of nitrogens with zero attached hydrogens (tertiary/aromatic N) is 2. The molecule has 9 rings (SSSR count). The van der Waals surface area contributed by atoms with Gasteiger partial charge in [-0.2, -0.15) is 0 Å². The molecule has 230 valence electrons. The summed E-state index contributed by atoms with van der Waals surface area (Å²) in [5.74, 6) is -2.50. The molecular formula is C39H34N2O5. The number of esters is 1. The van der Waals surface area contributed by atoms with Gasteiger partial charge < -0.3 is 9.64 Å². The number of ether oxygens (including phenoxy) is 1. The monoisotopic (exact) mass is 610 g/mol. The van der Waals surface area contributed by atoms with Crippen LogP contribution in [0.1, 0.15) is 65.5 Å². The smallest absolute Gasteiger partial charge is 0.316 e. The second kappa shape index (κ2) is 10.8. The van der Waals surface area contributed by atoms with Gasteiger partial charge in [0.2, 0.25) is 17.7 Å².